The van der Waals surface area contributed by atoms with Crippen LogP contribution in [0.15, 0.2) is 24.3 Å². The number of anilines is 1. The molecule has 0 spiro atoms. The molecule has 1 aliphatic rings. The van der Waals surface area contributed by atoms with Crippen LogP contribution in [-0.2, 0) is 10.9 Å². The van der Waals surface area contributed by atoms with Gasteiger partial charge in [-0.15, -0.1) is 0 Å². The molecule has 1 aromatic rings. The number of amides is 2. The molecule has 1 aromatic carbocycles. The number of nitrogens with zero attached hydrogens (tertiary/aromatic N) is 2. The van der Waals surface area contributed by atoms with Crippen LogP contribution in [0.25, 0.3) is 0 Å². The van der Waals surface area contributed by atoms with Gasteiger partial charge in [0.25, 0.3) is 0 Å². The first-order chi connectivity index (χ1) is 9.90. The molecule has 1 atom stereocenters. The lowest BCUT2D eigenvalue weighted by molar-refractivity contribution is -0.137. The van der Waals surface area contributed by atoms with E-state index in [2.05, 4.69) is 5.32 Å². The van der Waals surface area contributed by atoms with Gasteiger partial charge in [0.1, 0.15) is 0 Å². The van der Waals surface area contributed by atoms with Gasteiger partial charge in [-0.1, -0.05) is 6.07 Å². The Labute approximate surface area is 118 Å². The summed E-state index contributed by atoms with van der Waals surface area (Å²) in [6, 6.07) is 5.71. The Morgan fingerprint density at radius 3 is 2.90 bits per heavy atom. The number of alkyl halides is 3. The van der Waals surface area contributed by atoms with Crippen molar-refractivity contribution in [2.75, 3.05) is 25.0 Å². The highest BCUT2D eigenvalue weighted by molar-refractivity contribution is 5.89. The molecule has 0 aliphatic carbocycles. The van der Waals surface area contributed by atoms with E-state index in [0.717, 1.165) is 12.1 Å². The highest BCUT2D eigenvalue weighted by Crippen LogP contribution is 2.30. The molecule has 1 fully saturated rings. The minimum Gasteiger partial charge on any atom is -0.360 e. The topological polar surface area (TPSA) is 65.4 Å². The van der Waals surface area contributed by atoms with Crippen molar-refractivity contribution < 1.29 is 22.7 Å². The molecule has 2 amide bonds. The summed E-state index contributed by atoms with van der Waals surface area (Å²) in [7, 11) is 0. The van der Waals surface area contributed by atoms with Gasteiger partial charge in [0.2, 0.25) is 0 Å². The van der Waals surface area contributed by atoms with Crippen molar-refractivity contribution in [3.63, 3.8) is 0 Å². The van der Waals surface area contributed by atoms with Gasteiger partial charge < -0.3 is 15.0 Å². The molecule has 0 bridgehead atoms. The van der Waals surface area contributed by atoms with Gasteiger partial charge in [-0.3, -0.25) is 0 Å². The summed E-state index contributed by atoms with van der Waals surface area (Å²) in [5, 5.41) is 11.1. The summed E-state index contributed by atoms with van der Waals surface area (Å²) in [4.78, 5) is 13.3. The molecule has 1 saturated heterocycles. The minimum absolute atomic E-state index is 0.0508. The van der Waals surface area contributed by atoms with Gasteiger partial charge in [0.15, 0.2) is 6.10 Å². The van der Waals surface area contributed by atoms with Crippen LogP contribution in [0.4, 0.5) is 23.7 Å². The maximum Gasteiger partial charge on any atom is 0.416 e. The first-order valence-electron chi connectivity index (χ1n) is 6.14. The summed E-state index contributed by atoms with van der Waals surface area (Å²) in [6.45, 7) is 0.582. The Hall–Kier alpha value is -2.27. The van der Waals surface area contributed by atoms with Gasteiger partial charge in [0, 0.05) is 12.2 Å². The Bertz CT molecular complexity index is 569. The van der Waals surface area contributed by atoms with Crippen LogP contribution >= 0.6 is 0 Å². The molecule has 2 rings (SSSR count). The first-order valence-corrected chi connectivity index (χ1v) is 6.14. The van der Waals surface area contributed by atoms with Crippen LogP contribution in [-0.4, -0.2) is 36.7 Å². The summed E-state index contributed by atoms with van der Waals surface area (Å²) in [5.41, 5.74) is -0.785. The van der Waals surface area contributed by atoms with Crippen molar-refractivity contribution in [3.8, 4) is 6.07 Å². The maximum absolute atomic E-state index is 12.6. The molecule has 5 nitrogen and oxygen atoms in total. The largest absolute Gasteiger partial charge is 0.416 e. The van der Waals surface area contributed by atoms with E-state index in [9.17, 15) is 18.0 Å². The fourth-order valence-electron chi connectivity index (χ4n) is 1.89. The summed E-state index contributed by atoms with van der Waals surface area (Å²) < 4.78 is 42.8. The Kier molecular flexibility index (Phi) is 4.33. The molecule has 1 aliphatic heterocycles. The predicted molar refractivity (Wildman–Crippen MR) is 67.4 cm³/mol. The number of benzene rings is 1. The zero-order valence-electron chi connectivity index (χ0n) is 10.9. The number of halogens is 3. The van der Waals surface area contributed by atoms with Crippen LogP contribution in [0.5, 0.6) is 0 Å². The monoisotopic (exact) mass is 299 g/mol. The lowest BCUT2D eigenvalue weighted by Crippen LogP contribution is -2.46. The normalized spacial score (nSPS) is 19.0. The van der Waals surface area contributed by atoms with Crippen molar-refractivity contribution in [3.05, 3.63) is 29.8 Å². The Morgan fingerprint density at radius 1 is 1.48 bits per heavy atom. The molecular weight excluding hydrogens is 287 g/mol. The molecule has 0 saturated carbocycles. The Morgan fingerprint density at radius 2 is 2.24 bits per heavy atom. The van der Waals surface area contributed by atoms with E-state index in [1.54, 1.807) is 0 Å². The van der Waals surface area contributed by atoms with E-state index in [1.165, 1.54) is 17.0 Å². The second-order valence-corrected chi connectivity index (χ2v) is 4.44. The first kappa shape index (κ1) is 15.1. The van der Waals surface area contributed by atoms with Gasteiger partial charge in [-0.25, -0.2) is 4.79 Å². The number of morpholine rings is 1. The SMILES string of the molecule is N#CC1CN(C(=O)Nc2cccc(C(F)(F)F)c2)CCO1. The van der Waals surface area contributed by atoms with Crippen molar-refractivity contribution in [2.24, 2.45) is 0 Å². The Balaban J connectivity index is 2.04. The quantitative estimate of drug-likeness (QED) is 0.866. The highest BCUT2D eigenvalue weighted by Gasteiger charge is 2.31. The molecule has 112 valence electrons. The number of ether oxygens (including phenoxy) is 1. The van der Waals surface area contributed by atoms with E-state index in [0.29, 0.717) is 0 Å². The zero-order valence-corrected chi connectivity index (χ0v) is 10.9. The van der Waals surface area contributed by atoms with Crippen molar-refractivity contribution >= 4 is 11.7 Å². The molecule has 0 aromatic heterocycles. The molecule has 0 radical (unpaired) electrons. The zero-order chi connectivity index (χ0) is 15.5. The van der Waals surface area contributed by atoms with Crippen molar-refractivity contribution in [1.29, 1.82) is 5.26 Å². The predicted octanol–water partition coefficient (Wildman–Crippen LogP) is 2.46. The number of carbonyl (C=O) groups excluding carboxylic acids is 1. The molecule has 1 N–H and O–H groups in total. The number of nitrogens with one attached hydrogen (secondary N) is 1. The van der Waals surface area contributed by atoms with E-state index in [4.69, 9.17) is 10.00 Å². The smallest absolute Gasteiger partial charge is 0.360 e. The summed E-state index contributed by atoms with van der Waals surface area (Å²) >= 11 is 0. The lowest BCUT2D eigenvalue weighted by Gasteiger charge is -2.29. The van der Waals surface area contributed by atoms with Gasteiger partial charge in [-0.05, 0) is 18.2 Å². The van der Waals surface area contributed by atoms with Crippen molar-refractivity contribution in [1.82, 2.24) is 4.90 Å². The highest BCUT2D eigenvalue weighted by atomic mass is 19.4. The second-order valence-electron chi connectivity index (χ2n) is 4.44. The number of rotatable bonds is 1. The molecular formula is C13H12F3N3O2. The third-order valence-corrected chi connectivity index (χ3v) is 2.94. The fraction of sp³-hybridized carbons (Fsp3) is 0.385. The lowest BCUT2D eigenvalue weighted by atomic mass is 10.2. The van der Waals surface area contributed by atoms with Gasteiger partial charge in [-0.2, -0.15) is 18.4 Å². The van der Waals surface area contributed by atoms with Gasteiger partial charge in [0.05, 0.1) is 24.8 Å². The van der Waals surface area contributed by atoms with Crippen LogP contribution < -0.4 is 5.32 Å². The maximum atomic E-state index is 12.6. The molecule has 1 unspecified atom stereocenters. The molecule has 21 heavy (non-hydrogen) atoms. The van der Waals surface area contributed by atoms with E-state index >= 15 is 0 Å². The number of urea groups is 1. The van der Waals surface area contributed by atoms with Crippen LogP contribution in [0.3, 0.4) is 0 Å². The number of hydrogen-bond donors (Lipinski definition) is 1. The summed E-state index contributed by atoms with van der Waals surface area (Å²) in [5.74, 6) is 0. The van der Waals surface area contributed by atoms with Crippen LogP contribution in [0.1, 0.15) is 5.56 Å². The fourth-order valence-corrected chi connectivity index (χ4v) is 1.89. The third kappa shape index (κ3) is 3.86. The van der Waals surface area contributed by atoms with E-state index < -0.39 is 23.9 Å². The molecule has 1 heterocycles. The van der Waals surface area contributed by atoms with Crippen LogP contribution in [0, 0.1) is 11.3 Å². The number of hydrogen-bond acceptors (Lipinski definition) is 3. The van der Waals surface area contributed by atoms with Crippen molar-refractivity contribution in [2.45, 2.75) is 12.3 Å². The third-order valence-electron chi connectivity index (χ3n) is 2.94. The summed E-state index contributed by atoms with van der Waals surface area (Å²) in [6.07, 6.45) is -5.18. The molecule has 8 heteroatoms. The standard InChI is InChI=1S/C13H12F3N3O2/c14-13(15,16)9-2-1-3-10(6-9)18-12(20)19-4-5-21-11(7-17)8-19/h1-3,6,11H,4-5,8H2,(H,18,20). The second kappa shape index (κ2) is 6.01. The average Bonchev–Trinajstić information content (AvgIpc) is 2.46. The van der Waals surface area contributed by atoms with Gasteiger partial charge >= 0.3 is 12.2 Å². The van der Waals surface area contributed by atoms with Crippen LogP contribution in [0.2, 0.25) is 0 Å². The van der Waals surface area contributed by atoms with E-state index in [1.807, 2.05) is 6.07 Å². The average molecular weight is 299 g/mol. The van der Waals surface area contributed by atoms with E-state index in [-0.39, 0.29) is 25.4 Å². The number of nitriles is 1. The minimum atomic E-state index is -4.47. The number of carbonyl (C=O) groups is 1.